The number of carbonyl (C=O) groups is 1. The van der Waals surface area contributed by atoms with Gasteiger partial charge in [-0.1, -0.05) is 19.9 Å². The molecular formula is C13H21N3O. The predicted molar refractivity (Wildman–Crippen MR) is 68.5 cm³/mol. The number of nitrogens with one attached hydrogen (secondary N) is 1. The fraction of sp³-hybridized carbons (Fsp3) is 0.538. The maximum Gasteiger partial charge on any atom is 0.236 e. The van der Waals surface area contributed by atoms with Crippen LogP contribution in [0.15, 0.2) is 24.4 Å². The molecule has 0 atom stereocenters. The molecule has 4 nitrogen and oxygen atoms in total. The van der Waals surface area contributed by atoms with E-state index >= 15 is 0 Å². The van der Waals surface area contributed by atoms with E-state index in [4.69, 9.17) is 0 Å². The van der Waals surface area contributed by atoms with E-state index in [-0.39, 0.29) is 5.91 Å². The van der Waals surface area contributed by atoms with Crippen LogP contribution in [0, 0.1) is 0 Å². The Bertz CT molecular complexity index is 338. The third kappa shape index (κ3) is 4.95. The van der Waals surface area contributed by atoms with Gasteiger partial charge in [0.2, 0.25) is 5.91 Å². The molecule has 1 amide bonds. The highest BCUT2D eigenvalue weighted by Crippen LogP contribution is 2.01. The zero-order valence-corrected chi connectivity index (χ0v) is 10.8. The van der Waals surface area contributed by atoms with Crippen LogP contribution in [-0.4, -0.2) is 34.9 Å². The molecule has 1 aromatic rings. The topological polar surface area (TPSA) is 45.2 Å². The summed E-state index contributed by atoms with van der Waals surface area (Å²) in [6.07, 6.45) is 1.75. The minimum absolute atomic E-state index is 0.117. The first-order valence-corrected chi connectivity index (χ1v) is 6.04. The van der Waals surface area contributed by atoms with E-state index < -0.39 is 0 Å². The van der Waals surface area contributed by atoms with Crippen molar-refractivity contribution >= 4 is 5.91 Å². The summed E-state index contributed by atoms with van der Waals surface area (Å²) in [5.74, 6) is 0.117. The van der Waals surface area contributed by atoms with Gasteiger partial charge in [-0.05, 0) is 19.1 Å². The lowest BCUT2D eigenvalue weighted by Crippen LogP contribution is -2.39. The number of rotatable bonds is 6. The number of nitrogens with zero attached hydrogens (tertiary/aromatic N) is 2. The number of aromatic nitrogens is 1. The van der Waals surface area contributed by atoms with Crippen molar-refractivity contribution in [1.29, 1.82) is 0 Å². The van der Waals surface area contributed by atoms with Gasteiger partial charge in [0.1, 0.15) is 0 Å². The average Bonchev–Trinajstić information content (AvgIpc) is 2.34. The van der Waals surface area contributed by atoms with Gasteiger partial charge in [0.05, 0.1) is 18.8 Å². The first-order valence-electron chi connectivity index (χ1n) is 6.04. The van der Waals surface area contributed by atoms with E-state index in [1.165, 1.54) is 0 Å². The molecule has 0 radical (unpaired) electrons. The van der Waals surface area contributed by atoms with Crippen molar-refractivity contribution in [1.82, 2.24) is 15.2 Å². The van der Waals surface area contributed by atoms with Gasteiger partial charge in [-0.3, -0.25) is 9.78 Å². The molecule has 0 aliphatic heterocycles. The Balaban J connectivity index is 2.51. The van der Waals surface area contributed by atoms with E-state index in [0.717, 1.165) is 5.69 Å². The summed E-state index contributed by atoms with van der Waals surface area (Å²) in [5.41, 5.74) is 0.923. The van der Waals surface area contributed by atoms with Gasteiger partial charge in [0, 0.05) is 18.8 Å². The molecule has 94 valence electrons. The van der Waals surface area contributed by atoms with Crippen LogP contribution in [0.5, 0.6) is 0 Å². The third-order valence-electron chi connectivity index (χ3n) is 2.47. The number of carbonyl (C=O) groups excluding carboxylic acids is 1. The first-order chi connectivity index (χ1) is 8.13. The monoisotopic (exact) mass is 235 g/mol. The van der Waals surface area contributed by atoms with E-state index in [9.17, 15) is 4.79 Å². The minimum Gasteiger partial charge on any atom is -0.336 e. The summed E-state index contributed by atoms with van der Waals surface area (Å²) < 4.78 is 0. The average molecular weight is 235 g/mol. The minimum atomic E-state index is 0.117. The van der Waals surface area contributed by atoms with Crippen LogP contribution in [-0.2, 0) is 11.3 Å². The highest BCUT2D eigenvalue weighted by Gasteiger charge is 2.12. The zero-order chi connectivity index (χ0) is 12.7. The molecular weight excluding hydrogens is 214 g/mol. The summed E-state index contributed by atoms with van der Waals surface area (Å²) in [7, 11) is 0. The quantitative estimate of drug-likeness (QED) is 0.811. The van der Waals surface area contributed by atoms with Crippen molar-refractivity contribution in [2.75, 3.05) is 13.1 Å². The molecule has 0 saturated heterocycles. The fourth-order valence-electron chi connectivity index (χ4n) is 1.47. The van der Waals surface area contributed by atoms with Gasteiger partial charge < -0.3 is 10.2 Å². The molecule has 0 unspecified atom stereocenters. The molecule has 0 aliphatic carbocycles. The summed E-state index contributed by atoms with van der Waals surface area (Å²) in [4.78, 5) is 18.0. The molecule has 0 saturated carbocycles. The lowest BCUT2D eigenvalue weighted by Gasteiger charge is -2.21. The standard InChI is InChI=1S/C13H21N3O/c1-4-16(13(17)9-15-11(2)3)10-12-7-5-6-8-14-12/h5-8,11,15H,4,9-10H2,1-3H3. The Morgan fingerprint density at radius 3 is 2.76 bits per heavy atom. The molecule has 1 rings (SSSR count). The molecule has 0 spiro atoms. The maximum absolute atomic E-state index is 11.9. The van der Waals surface area contributed by atoms with Crippen LogP contribution >= 0.6 is 0 Å². The van der Waals surface area contributed by atoms with Crippen molar-refractivity contribution in [3.63, 3.8) is 0 Å². The van der Waals surface area contributed by atoms with E-state index in [0.29, 0.717) is 25.7 Å². The van der Waals surface area contributed by atoms with Gasteiger partial charge in [-0.2, -0.15) is 0 Å². The van der Waals surface area contributed by atoms with Gasteiger partial charge in [0.15, 0.2) is 0 Å². The van der Waals surface area contributed by atoms with E-state index in [1.807, 2.05) is 39.0 Å². The molecule has 4 heteroatoms. The van der Waals surface area contributed by atoms with Crippen molar-refractivity contribution in [2.24, 2.45) is 0 Å². The molecule has 0 aliphatic rings. The van der Waals surface area contributed by atoms with Crippen LogP contribution in [0.2, 0.25) is 0 Å². The summed E-state index contributed by atoms with van der Waals surface area (Å²) in [6.45, 7) is 7.71. The van der Waals surface area contributed by atoms with Gasteiger partial charge >= 0.3 is 0 Å². The summed E-state index contributed by atoms with van der Waals surface area (Å²) in [5, 5.41) is 3.13. The van der Waals surface area contributed by atoms with E-state index in [1.54, 1.807) is 11.1 Å². The Kier molecular flexibility index (Phi) is 5.63. The highest BCUT2D eigenvalue weighted by molar-refractivity contribution is 5.78. The number of hydrogen-bond donors (Lipinski definition) is 1. The molecule has 0 fully saturated rings. The van der Waals surface area contributed by atoms with Crippen LogP contribution in [0.25, 0.3) is 0 Å². The highest BCUT2D eigenvalue weighted by atomic mass is 16.2. The lowest BCUT2D eigenvalue weighted by molar-refractivity contribution is -0.130. The predicted octanol–water partition coefficient (Wildman–Crippen LogP) is 1.43. The molecule has 1 heterocycles. The largest absolute Gasteiger partial charge is 0.336 e. The smallest absolute Gasteiger partial charge is 0.236 e. The number of likely N-dealkylation sites (N-methyl/N-ethyl adjacent to an activating group) is 1. The van der Waals surface area contributed by atoms with Gasteiger partial charge in [-0.25, -0.2) is 0 Å². The third-order valence-corrected chi connectivity index (χ3v) is 2.47. The van der Waals surface area contributed by atoms with Crippen molar-refractivity contribution in [2.45, 2.75) is 33.4 Å². The van der Waals surface area contributed by atoms with Gasteiger partial charge in [-0.15, -0.1) is 0 Å². The normalized spacial score (nSPS) is 10.6. The fourth-order valence-corrected chi connectivity index (χ4v) is 1.47. The second kappa shape index (κ2) is 7.01. The van der Waals surface area contributed by atoms with E-state index in [2.05, 4.69) is 10.3 Å². The molecule has 0 bridgehead atoms. The second-order valence-electron chi connectivity index (χ2n) is 4.26. The van der Waals surface area contributed by atoms with Gasteiger partial charge in [0.25, 0.3) is 0 Å². The molecule has 1 N–H and O–H groups in total. The molecule has 0 aromatic carbocycles. The number of pyridine rings is 1. The zero-order valence-electron chi connectivity index (χ0n) is 10.8. The Morgan fingerprint density at radius 1 is 1.47 bits per heavy atom. The Morgan fingerprint density at radius 2 is 2.24 bits per heavy atom. The Hall–Kier alpha value is -1.42. The Labute approximate surface area is 103 Å². The van der Waals surface area contributed by atoms with Crippen molar-refractivity contribution in [3.8, 4) is 0 Å². The number of hydrogen-bond acceptors (Lipinski definition) is 3. The van der Waals surface area contributed by atoms with Crippen LogP contribution in [0.3, 0.4) is 0 Å². The van der Waals surface area contributed by atoms with Crippen LogP contribution in [0.1, 0.15) is 26.5 Å². The van der Waals surface area contributed by atoms with Crippen molar-refractivity contribution in [3.05, 3.63) is 30.1 Å². The molecule has 1 aromatic heterocycles. The van der Waals surface area contributed by atoms with Crippen molar-refractivity contribution < 1.29 is 4.79 Å². The first kappa shape index (κ1) is 13.6. The SMILES string of the molecule is CCN(Cc1ccccn1)C(=O)CNC(C)C. The summed E-state index contributed by atoms with van der Waals surface area (Å²) in [6, 6.07) is 6.08. The number of amides is 1. The maximum atomic E-state index is 11.9. The van der Waals surface area contributed by atoms with Crippen LogP contribution < -0.4 is 5.32 Å². The second-order valence-corrected chi connectivity index (χ2v) is 4.26. The summed E-state index contributed by atoms with van der Waals surface area (Å²) >= 11 is 0. The lowest BCUT2D eigenvalue weighted by atomic mass is 10.3. The molecule has 17 heavy (non-hydrogen) atoms. The van der Waals surface area contributed by atoms with Crippen LogP contribution in [0.4, 0.5) is 0 Å².